The number of carbonyl (C=O) groups excluding carboxylic acids is 1. The number of rotatable bonds is 8. The van der Waals surface area contributed by atoms with Gasteiger partial charge >= 0.3 is 0 Å². The van der Waals surface area contributed by atoms with Gasteiger partial charge in [-0.2, -0.15) is 0 Å². The van der Waals surface area contributed by atoms with Crippen LogP contribution < -0.4 is 19.5 Å². The third-order valence-electron chi connectivity index (χ3n) is 4.76. The van der Waals surface area contributed by atoms with Gasteiger partial charge in [-0.15, -0.1) is 0 Å². The smallest absolute Gasteiger partial charge is 0.255 e. The summed E-state index contributed by atoms with van der Waals surface area (Å²) in [5.74, 6) is 1.76. The van der Waals surface area contributed by atoms with Crippen LogP contribution in [0.1, 0.15) is 22.2 Å². The van der Waals surface area contributed by atoms with E-state index in [-0.39, 0.29) is 11.9 Å². The van der Waals surface area contributed by atoms with E-state index in [9.17, 15) is 4.79 Å². The van der Waals surface area contributed by atoms with Gasteiger partial charge in [-0.25, -0.2) is 0 Å². The first kappa shape index (κ1) is 20.0. The number of morpholine rings is 1. The first-order valence-corrected chi connectivity index (χ1v) is 9.12. The van der Waals surface area contributed by atoms with Crippen molar-refractivity contribution in [2.24, 2.45) is 0 Å². The van der Waals surface area contributed by atoms with Gasteiger partial charge in [-0.1, -0.05) is 0 Å². The van der Waals surface area contributed by atoms with Crippen LogP contribution in [0.15, 0.2) is 34.9 Å². The van der Waals surface area contributed by atoms with E-state index in [1.807, 2.05) is 12.1 Å². The van der Waals surface area contributed by atoms with Gasteiger partial charge in [-0.3, -0.25) is 9.69 Å². The topological polar surface area (TPSA) is 82.4 Å². The van der Waals surface area contributed by atoms with Crippen molar-refractivity contribution in [1.82, 2.24) is 10.2 Å². The summed E-state index contributed by atoms with van der Waals surface area (Å²) >= 11 is 0. The molecule has 2 aromatic rings. The van der Waals surface area contributed by atoms with E-state index in [1.54, 1.807) is 18.4 Å². The number of methoxy groups -OCH3 is 3. The summed E-state index contributed by atoms with van der Waals surface area (Å²) < 4.78 is 27.1. The third kappa shape index (κ3) is 4.23. The Hall–Kier alpha value is -2.71. The average molecular weight is 390 g/mol. The Bertz CT molecular complexity index is 771. The number of ether oxygens (including phenoxy) is 4. The zero-order chi connectivity index (χ0) is 19.9. The number of carbonyl (C=O) groups is 1. The zero-order valence-corrected chi connectivity index (χ0v) is 16.4. The Balaban J connectivity index is 1.78. The zero-order valence-electron chi connectivity index (χ0n) is 16.4. The number of benzene rings is 1. The Morgan fingerprint density at radius 2 is 1.86 bits per heavy atom. The van der Waals surface area contributed by atoms with Crippen LogP contribution in [0.5, 0.6) is 17.2 Å². The van der Waals surface area contributed by atoms with Gasteiger partial charge < -0.3 is 28.7 Å². The molecule has 1 aromatic carbocycles. The minimum atomic E-state index is -0.261. The van der Waals surface area contributed by atoms with E-state index in [0.29, 0.717) is 42.6 Å². The molecule has 0 radical (unpaired) electrons. The molecule has 1 atom stereocenters. The first-order valence-electron chi connectivity index (χ1n) is 9.12. The van der Waals surface area contributed by atoms with Crippen molar-refractivity contribution in [2.75, 3.05) is 54.2 Å². The summed E-state index contributed by atoms with van der Waals surface area (Å²) in [5, 5.41) is 2.99. The highest BCUT2D eigenvalue weighted by Crippen LogP contribution is 2.39. The van der Waals surface area contributed by atoms with Crippen molar-refractivity contribution in [3.8, 4) is 17.2 Å². The van der Waals surface area contributed by atoms with Crippen molar-refractivity contribution < 1.29 is 28.2 Å². The van der Waals surface area contributed by atoms with E-state index in [0.717, 1.165) is 18.8 Å². The van der Waals surface area contributed by atoms with Gasteiger partial charge in [0.25, 0.3) is 5.91 Å². The molecule has 0 aliphatic carbocycles. The predicted molar refractivity (Wildman–Crippen MR) is 102 cm³/mol. The number of nitrogens with one attached hydrogen (secondary N) is 1. The number of amides is 1. The Labute approximate surface area is 164 Å². The van der Waals surface area contributed by atoms with Crippen LogP contribution in [-0.4, -0.2) is 65.0 Å². The molecule has 8 nitrogen and oxygen atoms in total. The molecule has 3 rings (SSSR count). The summed E-state index contributed by atoms with van der Waals surface area (Å²) in [6.45, 7) is 3.27. The molecule has 1 aromatic heterocycles. The number of hydrogen-bond acceptors (Lipinski definition) is 7. The highest BCUT2D eigenvalue weighted by atomic mass is 16.5. The lowest BCUT2D eigenvalue weighted by Crippen LogP contribution is -2.43. The molecular formula is C20H26N2O6. The molecule has 8 heteroatoms. The largest absolute Gasteiger partial charge is 0.493 e. The van der Waals surface area contributed by atoms with E-state index >= 15 is 0 Å². The van der Waals surface area contributed by atoms with E-state index in [1.165, 1.54) is 21.3 Å². The van der Waals surface area contributed by atoms with Crippen molar-refractivity contribution in [3.63, 3.8) is 0 Å². The number of hydrogen-bond donors (Lipinski definition) is 1. The predicted octanol–water partition coefficient (Wildman–Crippen LogP) is 2.11. The second kappa shape index (κ2) is 9.48. The van der Waals surface area contributed by atoms with Crippen LogP contribution in [0.4, 0.5) is 0 Å². The molecule has 152 valence electrons. The molecule has 1 amide bonds. The van der Waals surface area contributed by atoms with Crippen LogP contribution in [0.2, 0.25) is 0 Å². The molecule has 1 fully saturated rings. The lowest BCUT2D eigenvalue weighted by molar-refractivity contribution is 0.0118. The van der Waals surface area contributed by atoms with Crippen molar-refractivity contribution in [1.29, 1.82) is 0 Å². The van der Waals surface area contributed by atoms with Crippen LogP contribution >= 0.6 is 0 Å². The summed E-state index contributed by atoms with van der Waals surface area (Å²) in [6.07, 6.45) is 1.64. The lowest BCUT2D eigenvalue weighted by Gasteiger charge is -2.33. The fraction of sp³-hybridized carbons (Fsp3) is 0.450. The summed E-state index contributed by atoms with van der Waals surface area (Å²) in [4.78, 5) is 15.1. The van der Waals surface area contributed by atoms with Crippen LogP contribution in [-0.2, 0) is 4.74 Å². The maximum absolute atomic E-state index is 12.9. The lowest BCUT2D eigenvalue weighted by atomic mass is 10.1. The van der Waals surface area contributed by atoms with Crippen molar-refractivity contribution in [3.05, 3.63) is 41.9 Å². The molecule has 1 N–H and O–H groups in total. The molecule has 0 saturated carbocycles. The van der Waals surface area contributed by atoms with Gasteiger partial charge in [0, 0.05) is 19.6 Å². The highest BCUT2D eigenvalue weighted by molar-refractivity contribution is 5.98. The van der Waals surface area contributed by atoms with Crippen LogP contribution in [0.3, 0.4) is 0 Å². The normalized spacial score (nSPS) is 15.7. The molecule has 1 unspecified atom stereocenters. The quantitative estimate of drug-likeness (QED) is 0.739. The summed E-state index contributed by atoms with van der Waals surface area (Å²) in [7, 11) is 4.54. The molecule has 28 heavy (non-hydrogen) atoms. The van der Waals surface area contributed by atoms with Gasteiger partial charge in [-0.05, 0) is 24.3 Å². The Morgan fingerprint density at radius 1 is 1.11 bits per heavy atom. The average Bonchev–Trinajstić information content (AvgIpc) is 3.27. The second-order valence-electron chi connectivity index (χ2n) is 6.27. The highest BCUT2D eigenvalue weighted by Gasteiger charge is 2.27. The fourth-order valence-corrected chi connectivity index (χ4v) is 3.34. The second-order valence-corrected chi connectivity index (χ2v) is 6.27. The molecule has 2 heterocycles. The van der Waals surface area contributed by atoms with Gasteiger partial charge in [0.15, 0.2) is 11.5 Å². The molecule has 1 aliphatic rings. The summed E-state index contributed by atoms with van der Waals surface area (Å²) in [6, 6.07) is 7.04. The maximum atomic E-state index is 12.9. The molecule has 0 bridgehead atoms. The molecule has 0 spiro atoms. The molecular weight excluding hydrogens is 364 g/mol. The SMILES string of the molecule is COc1ccc(C(=O)NCC(c2ccco2)N2CCOCC2)c(OC)c1OC. The van der Waals surface area contributed by atoms with Crippen LogP contribution in [0, 0.1) is 0 Å². The van der Waals surface area contributed by atoms with E-state index in [4.69, 9.17) is 23.4 Å². The maximum Gasteiger partial charge on any atom is 0.255 e. The summed E-state index contributed by atoms with van der Waals surface area (Å²) in [5.41, 5.74) is 0.375. The molecule has 1 aliphatic heterocycles. The minimum Gasteiger partial charge on any atom is -0.493 e. The molecule has 1 saturated heterocycles. The standard InChI is InChI=1S/C20H26N2O6/c1-24-17-7-6-14(18(25-2)19(17)26-3)20(23)21-13-15(16-5-4-10-28-16)22-8-11-27-12-9-22/h4-7,10,15H,8-9,11-13H2,1-3H3,(H,21,23). The number of furan rings is 1. The van der Waals surface area contributed by atoms with Gasteiger partial charge in [0.2, 0.25) is 5.75 Å². The first-order chi connectivity index (χ1) is 13.7. The monoisotopic (exact) mass is 390 g/mol. The fourth-order valence-electron chi connectivity index (χ4n) is 3.34. The van der Waals surface area contributed by atoms with Gasteiger partial charge in [0.05, 0.1) is 52.4 Å². The van der Waals surface area contributed by atoms with Gasteiger partial charge in [0.1, 0.15) is 5.76 Å². The van der Waals surface area contributed by atoms with E-state index < -0.39 is 0 Å². The van der Waals surface area contributed by atoms with E-state index in [2.05, 4.69) is 10.2 Å². The Morgan fingerprint density at radius 3 is 2.46 bits per heavy atom. The minimum absolute atomic E-state index is 0.0750. The van der Waals surface area contributed by atoms with Crippen molar-refractivity contribution in [2.45, 2.75) is 6.04 Å². The van der Waals surface area contributed by atoms with Crippen molar-refractivity contribution >= 4 is 5.91 Å². The van der Waals surface area contributed by atoms with Crippen LogP contribution in [0.25, 0.3) is 0 Å². The number of nitrogens with zero attached hydrogens (tertiary/aromatic N) is 1. The third-order valence-corrected chi connectivity index (χ3v) is 4.76. The Kier molecular flexibility index (Phi) is 6.78.